The predicted octanol–water partition coefficient (Wildman–Crippen LogP) is 1.80. The summed E-state index contributed by atoms with van der Waals surface area (Å²) in [4.78, 5) is 0. The normalized spacial score (nSPS) is 30.2. The van der Waals surface area contributed by atoms with Crippen LogP contribution in [0.15, 0.2) is 0 Å². The van der Waals surface area contributed by atoms with E-state index in [4.69, 9.17) is 4.74 Å². The van der Waals surface area contributed by atoms with Crippen molar-refractivity contribution in [1.29, 1.82) is 0 Å². The topological polar surface area (TPSA) is 21.3 Å². The Morgan fingerprint density at radius 2 is 1.92 bits per heavy atom. The first-order valence-electron chi connectivity index (χ1n) is 4.71. The van der Waals surface area contributed by atoms with Crippen LogP contribution in [0.3, 0.4) is 0 Å². The van der Waals surface area contributed by atoms with Gasteiger partial charge in [-0.25, -0.2) is 0 Å². The van der Waals surface area contributed by atoms with Crippen LogP contribution in [0.25, 0.3) is 0 Å². The van der Waals surface area contributed by atoms with Crippen LogP contribution >= 0.6 is 0 Å². The Morgan fingerprint density at radius 1 is 1.33 bits per heavy atom. The minimum absolute atomic E-state index is 0.108. The van der Waals surface area contributed by atoms with Gasteiger partial charge in [0.15, 0.2) is 0 Å². The molecule has 1 fully saturated rings. The third kappa shape index (κ3) is 1.99. The van der Waals surface area contributed by atoms with Crippen LogP contribution in [0.4, 0.5) is 0 Å². The summed E-state index contributed by atoms with van der Waals surface area (Å²) in [7, 11) is 0. The fourth-order valence-electron chi connectivity index (χ4n) is 2.18. The molecule has 0 amide bonds. The van der Waals surface area contributed by atoms with Crippen molar-refractivity contribution in [1.82, 2.24) is 5.32 Å². The Kier molecular flexibility index (Phi) is 2.50. The van der Waals surface area contributed by atoms with Gasteiger partial charge in [-0.1, -0.05) is 20.8 Å². The highest BCUT2D eigenvalue weighted by Crippen LogP contribution is 2.32. The van der Waals surface area contributed by atoms with E-state index in [9.17, 15) is 0 Å². The van der Waals surface area contributed by atoms with Crippen molar-refractivity contribution in [3.63, 3.8) is 0 Å². The summed E-state index contributed by atoms with van der Waals surface area (Å²) < 4.78 is 5.80. The molecule has 1 atom stereocenters. The molecule has 0 aliphatic carbocycles. The molecule has 1 saturated heterocycles. The summed E-state index contributed by atoms with van der Waals surface area (Å²) in [5.74, 6) is 0. The molecule has 0 unspecified atom stereocenters. The highest BCUT2D eigenvalue weighted by Gasteiger charge is 2.40. The van der Waals surface area contributed by atoms with E-state index in [0.717, 1.165) is 13.2 Å². The Labute approximate surface area is 75.7 Å². The summed E-state index contributed by atoms with van der Waals surface area (Å²) in [6.45, 7) is 12.9. The molecular weight excluding hydrogens is 150 g/mol. The molecule has 1 aliphatic heterocycles. The third-order valence-corrected chi connectivity index (χ3v) is 2.41. The van der Waals surface area contributed by atoms with Crippen molar-refractivity contribution in [3.05, 3.63) is 0 Å². The highest BCUT2D eigenvalue weighted by atomic mass is 16.5. The van der Waals surface area contributed by atoms with E-state index in [-0.39, 0.29) is 11.0 Å². The van der Waals surface area contributed by atoms with Gasteiger partial charge in [-0.05, 0) is 19.3 Å². The van der Waals surface area contributed by atoms with E-state index in [1.807, 2.05) is 0 Å². The second-order valence-corrected chi connectivity index (χ2v) is 5.27. The number of rotatable bonds is 0. The monoisotopic (exact) mass is 171 g/mol. The van der Waals surface area contributed by atoms with Crippen molar-refractivity contribution in [2.75, 3.05) is 13.2 Å². The zero-order chi connectivity index (χ0) is 9.41. The Bertz CT molecular complexity index is 158. The largest absolute Gasteiger partial charge is 0.374 e. The standard InChI is InChI=1S/C10H21NO/c1-9(2,3)8-10(4,5)11-6-7-12-8/h8,11H,6-7H2,1-5H3/t8-/m1/s1. The van der Waals surface area contributed by atoms with Gasteiger partial charge in [0.2, 0.25) is 0 Å². The number of nitrogens with one attached hydrogen (secondary N) is 1. The third-order valence-electron chi connectivity index (χ3n) is 2.41. The average Bonchev–Trinajstić information content (AvgIpc) is 1.83. The van der Waals surface area contributed by atoms with Crippen LogP contribution in [0.1, 0.15) is 34.6 Å². The lowest BCUT2D eigenvalue weighted by Crippen LogP contribution is -2.60. The predicted molar refractivity (Wildman–Crippen MR) is 51.3 cm³/mol. The maximum atomic E-state index is 5.80. The lowest BCUT2D eigenvalue weighted by molar-refractivity contribution is -0.0937. The number of hydrogen-bond donors (Lipinski definition) is 1. The zero-order valence-corrected chi connectivity index (χ0v) is 8.90. The molecule has 0 saturated carbocycles. The Morgan fingerprint density at radius 3 is 2.25 bits per heavy atom. The van der Waals surface area contributed by atoms with Crippen LogP contribution in [0, 0.1) is 5.41 Å². The van der Waals surface area contributed by atoms with Gasteiger partial charge < -0.3 is 10.1 Å². The van der Waals surface area contributed by atoms with E-state index >= 15 is 0 Å². The molecule has 0 aromatic carbocycles. The Balaban J connectivity index is 2.73. The summed E-state index contributed by atoms with van der Waals surface area (Å²) in [5, 5.41) is 3.49. The second kappa shape index (κ2) is 3.00. The van der Waals surface area contributed by atoms with Gasteiger partial charge in [-0.2, -0.15) is 0 Å². The van der Waals surface area contributed by atoms with Crippen LogP contribution in [0.2, 0.25) is 0 Å². The van der Waals surface area contributed by atoms with E-state index in [1.54, 1.807) is 0 Å². The molecule has 0 aromatic rings. The van der Waals surface area contributed by atoms with Gasteiger partial charge in [0, 0.05) is 12.1 Å². The number of morpholine rings is 1. The fraction of sp³-hybridized carbons (Fsp3) is 1.00. The van der Waals surface area contributed by atoms with Gasteiger partial charge in [0.25, 0.3) is 0 Å². The highest BCUT2D eigenvalue weighted by molar-refractivity contribution is 4.96. The Hall–Kier alpha value is -0.0800. The number of ether oxygens (including phenoxy) is 1. The minimum atomic E-state index is 0.108. The SMILES string of the molecule is CC(C)(C)[C@H]1OCCNC1(C)C. The van der Waals surface area contributed by atoms with Crippen molar-refractivity contribution < 1.29 is 4.74 Å². The molecule has 0 aromatic heterocycles. The van der Waals surface area contributed by atoms with Crippen molar-refractivity contribution in [3.8, 4) is 0 Å². The van der Waals surface area contributed by atoms with Crippen LogP contribution < -0.4 is 5.32 Å². The van der Waals surface area contributed by atoms with Crippen LogP contribution in [0.5, 0.6) is 0 Å². The molecule has 0 bridgehead atoms. The molecule has 0 spiro atoms. The second-order valence-electron chi connectivity index (χ2n) is 5.27. The first kappa shape index (κ1) is 10.0. The van der Waals surface area contributed by atoms with Crippen molar-refractivity contribution in [2.45, 2.75) is 46.3 Å². The molecular formula is C10H21NO. The molecule has 1 rings (SSSR count). The van der Waals surface area contributed by atoms with Gasteiger partial charge >= 0.3 is 0 Å². The van der Waals surface area contributed by atoms with E-state index in [0.29, 0.717) is 6.10 Å². The summed E-state index contributed by atoms with van der Waals surface area (Å²) in [6, 6.07) is 0. The molecule has 1 N–H and O–H groups in total. The van der Waals surface area contributed by atoms with E-state index < -0.39 is 0 Å². The quantitative estimate of drug-likeness (QED) is 0.600. The lowest BCUT2D eigenvalue weighted by Gasteiger charge is -2.46. The van der Waals surface area contributed by atoms with Crippen molar-refractivity contribution in [2.24, 2.45) is 5.41 Å². The fourth-order valence-corrected chi connectivity index (χ4v) is 2.18. The molecule has 1 aliphatic rings. The van der Waals surface area contributed by atoms with E-state index in [2.05, 4.69) is 39.9 Å². The molecule has 2 heteroatoms. The molecule has 0 radical (unpaired) electrons. The minimum Gasteiger partial charge on any atom is -0.374 e. The summed E-state index contributed by atoms with van der Waals surface area (Å²) >= 11 is 0. The molecule has 1 heterocycles. The molecule has 72 valence electrons. The first-order chi connectivity index (χ1) is 5.34. The first-order valence-corrected chi connectivity index (χ1v) is 4.71. The van der Waals surface area contributed by atoms with Gasteiger partial charge in [-0.3, -0.25) is 0 Å². The molecule has 12 heavy (non-hydrogen) atoms. The smallest absolute Gasteiger partial charge is 0.0799 e. The van der Waals surface area contributed by atoms with Gasteiger partial charge in [0.1, 0.15) is 0 Å². The van der Waals surface area contributed by atoms with Crippen LogP contribution in [-0.2, 0) is 4.74 Å². The zero-order valence-electron chi connectivity index (χ0n) is 8.90. The summed E-state index contributed by atoms with van der Waals surface area (Å²) in [6.07, 6.45) is 0.304. The van der Waals surface area contributed by atoms with Crippen LogP contribution in [-0.4, -0.2) is 24.8 Å². The average molecular weight is 171 g/mol. The maximum Gasteiger partial charge on any atom is 0.0799 e. The maximum absolute atomic E-state index is 5.80. The summed E-state index contributed by atoms with van der Waals surface area (Å²) in [5.41, 5.74) is 0.327. The van der Waals surface area contributed by atoms with Crippen molar-refractivity contribution >= 4 is 0 Å². The molecule has 2 nitrogen and oxygen atoms in total. The van der Waals surface area contributed by atoms with Gasteiger partial charge in [-0.15, -0.1) is 0 Å². The van der Waals surface area contributed by atoms with E-state index in [1.165, 1.54) is 0 Å². The lowest BCUT2D eigenvalue weighted by atomic mass is 9.77. The van der Waals surface area contributed by atoms with Gasteiger partial charge in [0.05, 0.1) is 12.7 Å². The number of hydrogen-bond acceptors (Lipinski definition) is 2.